The van der Waals surface area contributed by atoms with E-state index in [-0.39, 0.29) is 12.6 Å². The summed E-state index contributed by atoms with van der Waals surface area (Å²) in [6.45, 7) is 8.13. The van der Waals surface area contributed by atoms with Gasteiger partial charge in [0.15, 0.2) is 0 Å². The van der Waals surface area contributed by atoms with Crippen molar-refractivity contribution < 1.29 is 19.1 Å². The van der Waals surface area contributed by atoms with E-state index in [0.29, 0.717) is 26.0 Å². The lowest BCUT2D eigenvalue weighted by atomic mass is 10.2. The van der Waals surface area contributed by atoms with Gasteiger partial charge in [-0.1, -0.05) is 31.4 Å². The van der Waals surface area contributed by atoms with Gasteiger partial charge in [-0.3, -0.25) is 4.90 Å². The molecule has 1 aliphatic heterocycles. The Labute approximate surface area is 112 Å². The van der Waals surface area contributed by atoms with Gasteiger partial charge in [-0.05, 0) is 18.4 Å². The molecule has 2 fully saturated rings. The summed E-state index contributed by atoms with van der Waals surface area (Å²) in [7, 11) is 0. The molecule has 0 radical (unpaired) electrons. The molecule has 5 nitrogen and oxygen atoms in total. The second kappa shape index (κ2) is 5.30. The van der Waals surface area contributed by atoms with Crippen molar-refractivity contribution in [2.45, 2.75) is 18.4 Å². The fraction of sp³-hybridized carbons (Fsp3) is 0.429. The van der Waals surface area contributed by atoms with Crippen molar-refractivity contribution in [2.24, 2.45) is 0 Å². The van der Waals surface area contributed by atoms with Crippen LogP contribution in [-0.2, 0) is 14.3 Å². The molecule has 1 amide bonds. The highest BCUT2D eigenvalue weighted by molar-refractivity contribution is 5.89. The summed E-state index contributed by atoms with van der Waals surface area (Å²) >= 11 is 0. The van der Waals surface area contributed by atoms with Gasteiger partial charge in [-0.2, -0.15) is 0 Å². The van der Waals surface area contributed by atoms with Crippen LogP contribution in [0.4, 0.5) is 4.79 Å². The van der Waals surface area contributed by atoms with Crippen LogP contribution in [0.5, 0.6) is 0 Å². The first-order chi connectivity index (χ1) is 9.14. The number of carbonyl (C=O) groups excluding carboxylic acids is 2. The number of ether oxygens (including phenoxy) is 2. The van der Waals surface area contributed by atoms with Crippen LogP contribution < -0.4 is 0 Å². The molecule has 0 aromatic rings. The third-order valence-corrected chi connectivity index (χ3v) is 3.35. The lowest BCUT2D eigenvalue weighted by Crippen LogP contribution is -2.45. The van der Waals surface area contributed by atoms with Crippen LogP contribution in [0.3, 0.4) is 0 Å². The summed E-state index contributed by atoms with van der Waals surface area (Å²) in [5.74, 6) is -0.372. The van der Waals surface area contributed by atoms with Crippen LogP contribution in [0.1, 0.15) is 12.8 Å². The van der Waals surface area contributed by atoms with Gasteiger partial charge in [0.1, 0.15) is 18.8 Å². The van der Waals surface area contributed by atoms with Crippen LogP contribution in [0, 0.1) is 0 Å². The van der Waals surface area contributed by atoms with E-state index < -0.39 is 11.6 Å². The number of carbonyl (C=O) groups is 2. The van der Waals surface area contributed by atoms with E-state index in [1.165, 1.54) is 4.90 Å². The maximum atomic E-state index is 12.1. The number of cyclic esters (lactones) is 1. The van der Waals surface area contributed by atoms with Gasteiger partial charge < -0.3 is 9.47 Å². The van der Waals surface area contributed by atoms with Crippen molar-refractivity contribution in [1.29, 1.82) is 0 Å². The zero-order valence-electron chi connectivity index (χ0n) is 10.8. The van der Waals surface area contributed by atoms with E-state index in [1.54, 1.807) is 18.2 Å². The molecule has 1 heterocycles. The summed E-state index contributed by atoms with van der Waals surface area (Å²) in [4.78, 5) is 25.1. The molecule has 102 valence electrons. The SMILES string of the molecule is C=C/C=C(\C=C)COC(=O)C1(N2CCOC2=O)CC1. The number of amides is 1. The molecule has 19 heavy (non-hydrogen) atoms. The average molecular weight is 263 g/mol. The Morgan fingerprint density at radius 3 is 2.68 bits per heavy atom. The van der Waals surface area contributed by atoms with Crippen molar-refractivity contribution in [2.75, 3.05) is 19.8 Å². The van der Waals surface area contributed by atoms with Crippen molar-refractivity contribution in [1.82, 2.24) is 4.90 Å². The molecular weight excluding hydrogens is 246 g/mol. The Morgan fingerprint density at radius 1 is 1.47 bits per heavy atom. The molecule has 2 rings (SSSR count). The van der Waals surface area contributed by atoms with Gasteiger partial charge in [0.05, 0.1) is 6.54 Å². The maximum absolute atomic E-state index is 12.1. The first-order valence-electron chi connectivity index (χ1n) is 6.20. The first-order valence-corrected chi connectivity index (χ1v) is 6.20. The highest BCUT2D eigenvalue weighted by Gasteiger charge is 2.59. The molecule has 2 aliphatic rings. The van der Waals surface area contributed by atoms with Crippen molar-refractivity contribution in [3.05, 3.63) is 37.0 Å². The van der Waals surface area contributed by atoms with Gasteiger partial charge >= 0.3 is 12.1 Å². The molecule has 0 bridgehead atoms. The average Bonchev–Trinajstić information content (AvgIpc) is 3.11. The largest absolute Gasteiger partial charge is 0.459 e. The number of nitrogens with zero attached hydrogens (tertiary/aromatic N) is 1. The summed E-state index contributed by atoms with van der Waals surface area (Å²) in [6.07, 6.45) is 5.78. The monoisotopic (exact) mass is 263 g/mol. The van der Waals surface area contributed by atoms with Crippen LogP contribution in [0.25, 0.3) is 0 Å². The van der Waals surface area contributed by atoms with Gasteiger partial charge in [0.2, 0.25) is 0 Å². The molecular formula is C14H17NO4. The van der Waals surface area contributed by atoms with Crippen molar-refractivity contribution >= 4 is 12.1 Å². The highest BCUT2D eigenvalue weighted by Crippen LogP contribution is 2.44. The second-order valence-corrected chi connectivity index (χ2v) is 4.56. The maximum Gasteiger partial charge on any atom is 0.410 e. The van der Waals surface area contributed by atoms with Crippen LogP contribution in [0.15, 0.2) is 37.0 Å². The lowest BCUT2D eigenvalue weighted by molar-refractivity contribution is -0.149. The zero-order chi connectivity index (χ0) is 13.9. The van der Waals surface area contributed by atoms with E-state index in [9.17, 15) is 9.59 Å². The number of esters is 1. The molecule has 1 aliphatic carbocycles. The number of allylic oxidation sites excluding steroid dienone is 2. The molecule has 0 aromatic carbocycles. The Morgan fingerprint density at radius 2 is 2.21 bits per heavy atom. The smallest absolute Gasteiger partial charge is 0.410 e. The molecule has 1 saturated heterocycles. The summed E-state index contributed by atoms with van der Waals surface area (Å²) in [6, 6.07) is 0. The minimum atomic E-state index is -0.798. The van der Waals surface area contributed by atoms with Crippen LogP contribution in [-0.4, -0.2) is 42.3 Å². The minimum absolute atomic E-state index is 0.138. The Hall–Kier alpha value is -2.04. The summed E-state index contributed by atoms with van der Waals surface area (Å²) in [5, 5.41) is 0. The minimum Gasteiger partial charge on any atom is -0.459 e. The second-order valence-electron chi connectivity index (χ2n) is 4.56. The third-order valence-electron chi connectivity index (χ3n) is 3.35. The Bertz CT molecular complexity index is 448. The molecule has 5 heteroatoms. The predicted octanol–water partition coefficient (Wildman–Crippen LogP) is 1.81. The van der Waals surface area contributed by atoms with E-state index in [1.807, 2.05) is 0 Å². The van der Waals surface area contributed by atoms with Crippen LogP contribution >= 0.6 is 0 Å². The lowest BCUT2D eigenvalue weighted by Gasteiger charge is -2.23. The number of hydrogen-bond donors (Lipinski definition) is 0. The van der Waals surface area contributed by atoms with Crippen molar-refractivity contribution in [3.63, 3.8) is 0 Å². The Balaban J connectivity index is 1.96. The quantitative estimate of drug-likeness (QED) is 0.542. The fourth-order valence-electron chi connectivity index (χ4n) is 2.09. The van der Waals surface area contributed by atoms with Gasteiger partial charge in [-0.15, -0.1) is 0 Å². The van der Waals surface area contributed by atoms with Gasteiger partial charge in [0, 0.05) is 0 Å². The fourth-order valence-corrected chi connectivity index (χ4v) is 2.09. The Kier molecular flexibility index (Phi) is 3.74. The van der Waals surface area contributed by atoms with E-state index in [4.69, 9.17) is 9.47 Å². The van der Waals surface area contributed by atoms with Gasteiger partial charge in [0.25, 0.3) is 0 Å². The van der Waals surface area contributed by atoms with E-state index in [0.717, 1.165) is 5.57 Å². The topological polar surface area (TPSA) is 55.8 Å². The van der Waals surface area contributed by atoms with Crippen molar-refractivity contribution in [3.8, 4) is 0 Å². The number of rotatable bonds is 6. The molecule has 0 unspecified atom stereocenters. The highest BCUT2D eigenvalue weighted by atomic mass is 16.6. The summed E-state index contributed by atoms with van der Waals surface area (Å²) < 4.78 is 10.1. The number of hydrogen-bond acceptors (Lipinski definition) is 4. The normalized spacial score (nSPS) is 20.7. The molecule has 0 atom stereocenters. The predicted molar refractivity (Wildman–Crippen MR) is 69.5 cm³/mol. The van der Waals surface area contributed by atoms with E-state index in [2.05, 4.69) is 13.2 Å². The molecule has 0 aromatic heterocycles. The molecule has 0 spiro atoms. The van der Waals surface area contributed by atoms with E-state index >= 15 is 0 Å². The first kappa shape index (κ1) is 13.4. The third kappa shape index (κ3) is 2.54. The molecule has 0 N–H and O–H groups in total. The molecule has 1 saturated carbocycles. The zero-order valence-corrected chi connectivity index (χ0v) is 10.8. The van der Waals surface area contributed by atoms with Crippen LogP contribution in [0.2, 0.25) is 0 Å². The summed E-state index contributed by atoms with van der Waals surface area (Å²) in [5.41, 5.74) is -0.0308. The van der Waals surface area contributed by atoms with Gasteiger partial charge in [-0.25, -0.2) is 9.59 Å². The standard InChI is InChI=1S/C14H17NO4/c1-3-5-11(4-2)10-19-12(16)14(6-7-14)15-8-9-18-13(15)17/h3-5H,1-2,6-10H2/b11-5+.